The van der Waals surface area contributed by atoms with E-state index < -0.39 is 11.9 Å². The van der Waals surface area contributed by atoms with Gasteiger partial charge in [0.1, 0.15) is 6.61 Å². The minimum absolute atomic E-state index is 0.0125. The molecule has 0 N–H and O–H groups in total. The zero-order chi connectivity index (χ0) is 16.7. The van der Waals surface area contributed by atoms with Gasteiger partial charge in [0.15, 0.2) is 0 Å². The van der Waals surface area contributed by atoms with Crippen LogP contribution in [0.1, 0.15) is 51.6 Å². The number of carbonyl (C=O) groups excluding carboxylic acids is 2. The van der Waals surface area contributed by atoms with E-state index in [0.29, 0.717) is 0 Å². The number of carbonyl (C=O) groups is 2. The van der Waals surface area contributed by atoms with E-state index in [2.05, 4.69) is 6.92 Å². The summed E-state index contributed by atoms with van der Waals surface area (Å²) in [7, 11) is 0. The molecule has 0 radical (unpaired) electrons. The third kappa shape index (κ3) is 4.42. The summed E-state index contributed by atoms with van der Waals surface area (Å²) in [5.41, 5.74) is 1.95. The van der Waals surface area contributed by atoms with Crippen molar-refractivity contribution < 1.29 is 19.4 Å². The number of ether oxygens (including phenoxy) is 1. The molecule has 0 atom stereocenters. The van der Waals surface area contributed by atoms with E-state index in [1.54, 1.807) is 12.1 Å². The zero-order valence-electron chi connectivity index (χ0n) is 13.1. The average molecular weight is 311 g/mol. The minimum Gasteiger partial charge on any atom is -0.545 e. The molecule has 0 bridgehead atoms. The smallest absolute Gasteiger partial charge is 0.339 e. The average Bonchev–Trinajstić information content (AvgIpc) is 2.58. The molecule has 4 nitrogen and oxygen atoms in total. The zero-order valence-corrected chi connectivity index (χ0v) is 13.1. The minimum atomic E-state index is -1.39. The van der Waals surface area contributed by atoms with Crippen molar-refractivity contribution >= 4 is 11.9 Å². The number of esters is 1. The summed E-state index contributed by atoms with van der Waals surface area (Å²) in [6.45, 7) is 2.25. The first-order valence-corrected chi connectivity index (χ1v) is 7.67. The van der Waals surface area contributed by atoms with E-state index in [9.17, 15) is 14.7 Å². The van der Waals surface area contributed by atoms with Crippen LogP contribution in [0.3, 0.4) is 0 Å². The third-order valence-electron chi connectivity index (χ3n) is 3.64. The monoisotopic (exact) mass is 311 g/mol. The highest BCUT2D eigenvalue weighted by atomic mass is 16.5. The van der Waals surface area contributed by atoms with Gasteiger partial charge in [-0.15, -0.1) is 0 Å². The van der Waals surface area contributed by atoms with E-state index in [1.807, 2.05) is 24.3 Å². The Balaban J connectivity index is 2.10. The van der Waals surface area contributed by atoms with Gasteiger partial charge in [-0.3, -0.25) is 0 Å². The van der Waals surface area contributed by atoms with Crippen LogP contribution < -0.4 is 5.11 Å². The predicted molar refractivity (Wildman–Crippen MR) is 84.9 cm³/mol. The molecule has 0 aliphatic heterocycles. The number of aryl methyl sites for hydroxylation is 1. The van der Waals surface area contributed by atoms with Crippen LogP contribution in [-0.4, -0.2) is 11.9 Å². The lowest BCUT2D eigenvalue weighted by molar-refractivity contribution is -0.255. The van der Waals surface area contributed by atoms with Crippen LogP contribution in [-0.2, 0) is 17.8 Å². The lowest BCUT2D eigenvalue weighted by Gasteiger charge is -2.12. The quantitative estimate of drug-likeness (QED) is 0.737. The third-order valence-corrected chi connectivity index (χ3v) is 3.64. The molecule has 0 saturated heterocycles. The molecule has 2 aromatic carbocycles. The number of hydrogen-bond acceptors (Lipinski definition) is 4. The van der Waals surface area contributed by atoms with Crippen molar-refractivity contribution in [3.05, 3.63) is 70.8 Å². The van der Waals surface area contributed by atoms with E-state index in [0.717, 1.165) is 30.4 Å². The van der Waals surface area contributed by atoms with Crippen LogP contribution in [0.25, 0.3) is 0 Å². The van der Waals surface area contributed by atoms with Gasteiger partial charge in [0.05, 0.1) is 11.5 Å². The lowest BCUT2D eigenvalue weighted by Crippen LogP contribution is -2.25. The van der Waals surface area contributed by atoms with Crippen molar-refractivity contribution in [1.82, 2.24) is 0 Å². The molecule has 2 rings (SSSR count). The van der Waals surface area contributed by atoms with E-state index in [4.69, 9.17) is 4.74 Å². The Kier molecular flexibility index (Phi) is 5.92. The van der Waals surface area contributed by atoms with Gasteiger partial charge in [0.25, 0.3) is 0 Å². The van der Waals surface area contributed by atoms with Gasteiger partial charge in [-0.1, -0.05) is 55.8 Å². The summed E-state index contributed by atoms with van der Waals surface area (Å²) >= 11 is 0. The Labute approximate surface area is 135 Å². The van der Waals surface area contributed by atoms with Crippen LogP contribution in [0.2, 0.25) is 0 Å². The van der Waals surface area contributed by atoms with Crippen LogP contribution in [0.5, 0.6) is 0 Å². The second-order valence-corrected chi connectivity index (χ2v) is 5.28. The SMILES string of the molecule is CCCCc1ccccc1COC(=O)c1ccccc1C(=O)[O-]. The molecule has 0 heterocycles. The van der Waals surface area contributed by atoms with Gasteiger partial charge < -0.3 is 14.6 Å². The summed E-state index contributed by atoms with van der Waals surface area (Å²) in [5.74, 6) is -2.05. The predicted octanol–water partition coefficient (Wildman–Crippen LogP) is 2.75. The van der Waals surface area contributed by atoms with Crippen molar-refractivity contribution in [3.8, 4) is 0 Å². The Morgan fingerprint density at radius 2 is 1.57 bits per heavy atom. The largest absolute Gasteiger partial charge is 0.545 e. The number of unbranched alkanes of at least 4 members (excludes halogenated alkanes) is 1. The Morgan fingerprint density at radius 3 is 2.22 bits per heavy atom. The van der Waals surface area contributed by atoms with Crippen LogP contribution in [0.4, 0.5) is 0 Å². The number of carboxylic acids is 1. The normalized spacial score (nSPS) is 10.3. The fourth-order valence-corrected chi connectivity index (χ4v) is 2.37. The summed E-state index contributed by atoms with van der Waals surface area (Å²) in [6, 6.07) is 13.7. The number of rotatable bonds is 7. The van der Waals surface area contributed by atoms with Gasteiger partial charge in [0.2, 0.25) is 0 Å². The number of hydrogen-bond donors (Lipinski definition) is 0. The molecule has 0 aliphatic rings. The first-order valence-electron chi connectivity index (χ1n) is 7.67. The topological polar surface area (TPSA) is 66.4 Å². The van der Waals surface area contributed by atoms with Gasteiger partial charge in [0, 0.05) is 5.56 Å². The molecule has 0 fully saturated rings. The van der Waals surface area contributed by atoms with Crippen molar-refractivity contribution in [1.29, 1.82) is 0 Å². The number of aromatic carboxylic acids is 1. The van der Waals surface area contributed by atoms with Crippen molar-refractivity contribution in [2.45, 2.75) is 32.8 Å². The highest BCUT2D eigenvalue weighted by Crippen LogP contribution is 2.15. The van der Waals surface area contributed by atoms with Crippen molar-refractivity contribution in [2.75, 3.05) is 0 Å². The Morgan fingerprint density at radius 1 is 0.957 bits per heavy atom. The fourth-order valence-electron chi connectivity index (χ4n) is 2.37. The van der Waals surface area contributed by atoms with Gasteiger partial charge >= 0.3 is 5.97 Å². The molecule has 0 amide bonds. The van der Waals surface area contributed by atoms with Gasteiger partial charge in [-0.25, -0.2) is 4.79 Å². The van der Waals surface area contributed by atoms with Crippen LogP contribution in [0.15, 0.2) is 48.5 Å². The molecule has 0 saturated carbocycles. The lowest BCUT2D eigenvalue weighted by atomic mass is 10.0. The highest BCUT2D eigenvalue weighted by molar-refractivity contribution is 6.01. The number of benzene rings is 2. The Hall–Kier alpha value is -2.62. The van der Waals surface area contributed by atoms with Crippen molar-refractivity contribution in [2.24, 2.45) is 0 Å². The maximum absolute atomic E-state index is 12.2. The second-order valence-electron chi connectivity index (χ2n) is 5.28. The Bertz CT molecular complexity index is 691. The van der Waals surface area contributed by atoms with Gasteiger partial charge in [-0.05, 0) is 30.0 Å². The second kappa shape index (κ2) is 8.13. The van der Waals surface area contributed by atoms with Crippen molar-refractivity contribution in [3.63, 3.8) is 0 Å². The molecule has 0 aromatic heterocycles. The van der Waals surface area contributed by atoms with E-state index in [-0.39, 0.29) is 17.7 Å². The molecule has 0 aliphatic carbocycles. The fraction of sp³-hybridized carbons (Fsp3) is 0.263. The summed E-state index contributed by atoms with van der Waals surface area (Å²) in [4.78, 5) is 23.2. The first kappa shape index (κ1) is 16.7. The van der Waals surface area contributed by atoms with Crippen LogP contribution >= 0.6 is 0 Å². The molecule has 4 heteroatoms. The van der Waals surface area contributed by atoms with Crippen LogP contribution in [0, 0.1) is 0 Å². The number of carboxylic acid groups (broad SMARTS) is 1. The molecule has 0 spiro atoms. The molecule has 2 aromatic rings. The summed E-state index contributed by atoms with van der Waals surface area (Å²) < 4.78 is 5.30. The van der Waals surface area contributed by atoms with Gasteiger partial charge in [-0.2, -0.15) is 0 Å². The first-order chi connectivity index (χ1) is 11.1. The maximum Gasteiger partial charge on any atom is 0.339 e. The molecule has 23 heavy (non-hydrogen) atoms. The van der Waals surface area contributed by atoms with E-state index in [1.165, 1.54) is 12.1 Å². The standard InChI is InChI=1S/C19H20O4/c1-2-3-8-14-9-4-5-10-15(14)13-23-19(22)17-12-7-6-11-16(17)18(20)21/h4-7,9-12H,2-3,8,13H2,1H3,(H,20,21)/p-1. The van der Waals surface area contributed by atoms with E-state index >= 15 is 0 Å². The molecular weight excluding hydrogens is 292 g/mol. The summed E-state index contributed by atoms with van der Waals surface area (Å²) in [5, 5.41) is 11.1. The summed E-state index contributed by atoms with van der Waals surface area (Å²) in [6.07, 6.45) is 3.09. The molecule has 120 valence electrons. The maximum atomic E-state index is 12.2. The molecular formula is C19H19O4-. The highest BCUT2D eigenvalue weighted by Gasteiger charge is 2.13. The molecule has 0 unspecified atom stereocenters.